The SMILES string of the molecule is COc1cc(-c2ccccc2C)c(C)cc1-c1ccccc1. The molecule has 3 rings (SSSR count). The van der Waals surface area contributed by atoms with E-state index in [0.717, 1.165) is 11.3 Å². The van der Waals surface area contributed by atoms with Gasteiger partial charge in [0.2, 0.25) is 0 Å². The summed E-state index contributed by atoms with van der Waals surface area (Å²) in [4.78, 5) is 0. The van der Waals surface area contributed by atoms with Crippen LogP contribution in [0.4, 0.5) is 0 Å². The average molecular weight is 288 g/mol. The van der Waals surface area contributed by atoms with Gasteiger partial charge in [0.15, 0.2) is 0 Å². The van der Waals surface area contributed by atoms with Gasteiger partial charge in [-0.05, 0) is 53.8 Å². The molecule has 3 aromatic carbocycles. The number of aryl methyl sites for hydroxylation is 2. The Hall–Kier alpha value is -2.54. The van der Waals surface area contributed by atoms with Crippen molar-refractivity contribution < 1.29 is 4.74 Å². The van der Waals surface area contributed by atoms with Gasteiger partial charge in [-0.15, -0.1) is 0 Å². The quantitative estimate of drug-likeness (QED) is 0.605. The molecule has 1 nitrogen and oxygen atoms in total. The van der Waals surface area contributed by atoms with Crippen LogP contribution in [0.5, 0.6) is 5.75 Å². The smallest absolute Gasteiger partial charge is 0.127 e. The van der Waals surface area contributed by atoms with Crippen LogP contribution < -0.4 is 4.74 Å². The predicted molar refractivity (Wildman–Crippen MR) is 93.3 cm³/mol. The van der Waals surface area contributed by atoms with Gasteiger partial charge in [0.25, 0.3) is 0 Å². The van der Waals surface area contributed by atoms with Crippen LogP contribution in [0, 0.1) is 13.8 Å². The van der Waals surface area contributed by atoms with Gasteiger partial charge in [-0.25, -0.2) is 0 Å². The largest absolute Gasteiger partial charge is 0.496 e. The normalized spacial score (nSPS) is 10.5. The van der Waals surface area contributed by atoms with Crippen molar-refractivity contribution in [1.29, 1.82) is 0 Å². The van der Waals surface area contributed by atoms with Gasteiger partial charge in [-0.1, -0.05) is 54.6 Å². The minimum absolute atomic E-state index is 0.912. The molecule has 110 valence electrons. The van der Waals surface area contributed by atoms with E-state index in [0.29, 0.717) is 0 Å². The number of hydrogen-bond donors (Lipinski definition) is 0. The van der Waals surface area contributed by atoms with Crippen LogP contribution in [0.3, 0.4) is 0 Å². The Morgan fingerprint density at radius 1 is 0.636 bits per heavy atom. The first-order valence-electron chi connectivity index (χ1n) is 7.51. The molecule has 0 fully saturated rings. The third-order valence-electron chi connectivity index (χ3n) is 4.07. The molecule has 0 saturated heterocycles. The number of benzene rings is 3. The summed E-state index contributed by atoms with van der Waals surface area (Å²) in [5, 5.41) is 0. The fraction of sp³-hybridized carbons (Fsp3) is 0.143. The highest BCUT2D eigenvalue weighted by Gasteiger charge is 2.12. The van der Waals surface area contributed by atoms with Crippen molar-refractivity contribution in [2.24, 2.45) is 0 Å². The van der Waals surface area contributed by atoms with E-state index in [1.54, 1.807) is 7.11 Å². The first kappa shape index (κ1) is 14.4. The third kappa shape index (κ3) is 2.62. The molecular formula is C21H20O. The zero-order chi connectivity index (χ0) is 15.5. The van der Waals surface area contributed by atoms with Crippen molar-refractivity contribution in [2.75, 3.05) is 7.11 Å². The lowest BCUT2D eigenvalue weighted by atomic mass is 9.92. The zero-order valence-corrected chi connectivity index (χ0v) is 13.3. The van der Waals surface area contributed by atoms with Crippen LogP contribution in [-0.4, -0.2) is 7.11 Å². The van der Waals surface area contributed by atoms with Gasteiger partial charge in [0, 0.05) is 5.56 Å². The zero-order valence-electron chi connectivity index (χ0n) is 13.3. The van der Waals surface area contributed by atoms with Crippen LogP contribution in [0.25, 0.3) is 22.3 Å². The van der Waals surface area contributed by atoms with Gasteiger partial charge >= 0.3 is 0 Å². The maximum atomic E-state index is 5.66. The van der Waals surface area contributed by atoms with Gasteiger partial charge < -0.3 is 4.74 Å². The summed E-state index contributed by atoms with van der Waals surface area (Å²) in [5.41, 5.74) is 7.35. The van der Waals surface area contributed by atoms with Gasteiger partial charge in [0.1, 0.15) is 5.75 Å². The number of ether oxygens (including phenoxy) is 1. The van der Waals surface area contributed by atoms with Gasteiger partial charge in [-0.3, -0.25) is 0 Å². The Bertz CT molecular complexity index is 788. The molecule has 0 N–H and O–H groups in total. The Kier molecular flexibility index (Phi) is 3.97. The second kappa shape index (κ2) is 6.07. The van der Waals surface area contributed by atoms with Crippen LogP contribution in [0.15, 0.2) is 66.7 Å². The number of methoxy groups -OCH3 is 1. The van der Waals surface area contributed by atoms with E-state index in [1.807, 2.05) is 6.07 Å². The topological polar surface area (TPSA) is 9.23 Å². The summed E-state index contributed by atoms with van der Waals surface area (Å²) in [7, 11) is 1.73. The number of rotatable bonds is 3. The highest BCUT2D eigenvalue weighted by molar-refractivity contribution is 5.79. The molecule has 0 aliphatic carbocycles. The molecular weight excluding hydrogens is 268 g/mol. The Morgan fingerprint density at radius 3 is 2.00 bits per heavy atom. The van der Waals surface area contributed by atoms with Gasteiger partial charge in [-0.2, -0.15) is 0 Å². The molecule has 3 aromatic rings. The molecule has 0 radical (unpaired) electrons. The fourth-order valence-electron chi connectivity index (χ4n) is 2.87. The van der Waals surface area contributed by atoms with Crippen LogP contribution in [-0.2, 0) is 0 Å². The molecule has 0 aliphatic heterocycles. The van der Waals surface area contributed by atoms with Crippen molar-refractivity contribution in [1.82, 2.24) is 0 Å². The van der Waals surface area contributed by atoms with E-state index in [4.69, 9.17) is 4.74 Å². The summed E-state index contributed by atoms with van der Waals surface area (Å²) in [6, 6.07) is 23.2. The second-order valence-electron chi connectivity index (χ2n) is 5.55. The molecule has 1 heteroatoms. The van der Waals surface area contributed by atoms with E-state index in [9.17, 15) is 0 Å². The molecule has 22 heavy (non-hydrogen) atoms. The maximum Gasteiger partial charge on any atom is 0.127 e. The predicted octanol–water partition coefficient (Wildman–Crippen LogP) is 5.65. The van der Waals surface area contributed by atoms with E-state index in [-0.39, 0.29) is 0 Å². The first-order valence-corrected chi connectivity index (χ1v) is 7.51. The molecule has 0 amide bonds. The van der Waals surface area contributed by atoms with Crippen molar-refractivity contribution >= 4 is 0 Å². The van der Waals surface area contributed by atoms with Crippen LogP contribution in [0.2, 0.25) is 0 Å². The summed E-state index contributed by atoms with van der Waals surface area (Å²) in [6.45, 7) is 4.31. The van der Waals surface area contributed by atoms with E-state index in [2.05, 4.69) is 74.5 Å². The maximum absolute atomic E-state index is 5.66. The lowest BCUT2D eigenvalue weighted by Gasteiger charge is -2.15. The van der Waals surface area contributed by atoms with Crippen molar-refractivity contribution in [3.8, 4) is 28.0 Å². The highest BCUT2D eigenvalue weighted by atomic mass is 16.5. The van der Waals surface area contributed by atoms with Crippen LogP contribution >= 0.6 is 0 Å². The summed E-state index contributed by atoms with van der Waals surface area (Å²) < 4.78 is 5.66. The first-order chi connectivity index (χ1) is 10.7. The van der Waals surface area contributed by atoms with Crippen molar-refractivity contribution in [2.45, 2.75) is 13.8 Å². The summed E-state index contributed by atoms with van der Waals surface area (Å²) >= 11 is 0. The molecule has 0 spiro atoms. The average Bonchev–Trinajstić information content (AvgIpc) is 2.56. The lowest BCUT2D eigenvalue weighted by Crippen LogP contribution is -1.93. The fourth-order valence-corrected chi connectivity index (χ4v) is 2.87. The molecule has 0 bridgehead atoms. The summed E-state index contributed by atoms with van der Waals surface area (Å²) in [5.74, 6) is 0.912. The molecule has 0 unspecified atom stereocenters. The molecule has 0 atom stereocenters. The van der Waals surface area contributed by atoms with E-state index in [1.165, 1.54) is 27.8 Å². The number of hydrogen-bond acceptors (Lipinski definition) is 1. The summed E-state index contributed by atoms with van der Waals surface area (Å²) in [6.07, 6.45) is 0. The minimum Gasteiger partial charge on any atom is -0.496 e. The highest BCUT2D eigenvalue weighted by Crippen LogP contribution is 2.37. The Balaban J connectivity index is 2.19. The Labute approximate surface area is 132 Å². The monoisotopic (exact) mass is 288 g/mol. The second-order valence-corrected chi connectivity index (χ2v) is 5.55. The molecule has 0 saturated carbocycles. The van der Waals surface area contributed by atoms with Crippen molar-refractivity contribution in [3.05, 3.63) is 77.9 Å². The molecule has 0 aromatic heterocycles. The molecule has 0 aliphatic rings. The Morgan fingerprint density at radius 2 is 1.32 bits per heavy atom. The standard InChI is InChI=1S/C21H20O/c1-15-9-7-8-12-18(15)19-14-21(22-3)20(13-16(19)2)17-10-5-4-6-11-17/h4-14H,1-3H3. The van der Waals surface area contributed by atoms with Crippen LogP contribution in [0.1, 0.15) is 11.1 Å². The van der Waals surface area contributed by atoms with E-state index < -0.39 is 0 Å². The third-order valence-corrected chi connectivity index (χ3v) is 4.07. The lowest BCUT2D eigenvalue weighted by molar-refractivity contribution is 0.416. The van der Waals surface area contributed by atoms with Crippen molar-refractivity contribution in [3.63, 3.8) is 0 Å². The molecule has 0 heterocycles. The van der Waals surface area contributed by atoms with Gasteiger partial charge in [0.05, 0.1) is 7.11 Å². The van der Waals surface area contributed by atoms with E-state index >= 15 is 0 Å². The minimum atomic E-state index is 0.912.